The number of hydrogen-bond acceptors (Lipinski definition) is 0. The van der Waals surface area contributed by atoms with Crippen LogP contribution in [0.2, 0.25) is 0 Å². The number of hydrogen-bond donors (Lipinski definition) is 0. The van der Waals surface area contributed by atoms with Crippen LogP contribution in [0, 0.1) is 0 Å². The van der Waals surface area contributed by atoms with E-state index in [0.29, 0.717) is 0 Å². The fourth-order valence-corrected chi connectivity index (χ4v) is 3.97. The fraction of sp³-hybridized carbons (Fsp3) is 0.348. The Hall–Kier alpha value is -2.35. The zero-order valence-electron chi connectivity index (χ0n) is 15.3. The molecule has 2 nitrogen and oxygen atoms in total. The van der Waals surface area contributed by atoms with Crippen molar-refractivity contribution >= 4 is 32.6 Å². The summed E-state index contributed by atoms with van der Waals surface area (Å²) in [6.45, 7) is 6.72. The summed E-state index contributed by atoms with van der Waals surface area (Å²) in [5.41, 5.74) is 2.80. The van der Waals surface area contributed by atoms with Gasteiger partial charge in [0.2, 0.25) is 6.33 Å². The Morgan fingerprint density at radius 3 is 2.04 bits per heavy atom. The maximum Gasteiger partial charge on any atom is 0.244 e. The maximum atomic E-state index is 2.49. The molecule has 0 amide bonds. The van der Waals surface area contributed by atoms with Gasteiger partial charge in [-0.05, 0) is 35.7 Å². The maximum absolute atomic E-state index is 2.49. The fourth-order valence-electron chi connectivity index (χ4n) is 3.97. The van der Waals surface area contributed by atoms with E-state index in [1.165, 1.54) is 58.3 Å². The summed E-state index contributed by atoms with van der Waals surface area (Å²) in [4.78, 5) is 0. The zero-order chi connectivity index (χ0) is 17.2. The van der Waals surface area contributed by atoms with Crippen LogP contribution in [0.15, 0.2) is 54.9 Å². The molecule has 0 aliphatic heterocycles. The van der Waals surface area contributed by atoms with Crippen LogP contribution in [0.25, 0.3) is 32.6 Å². The van der Waals surface area contributed by atoms with Crippen LogP contribution in [-0.2, 0) is 13.1 Å². The Labute approximate surface area is 149 Å². The van der Waals surface area contributed by atoms with Crippen molar-refractivity contribution in [2.24, 2.45) is 0 Å². The lowest BCUT2D eigenvalue weighted by Gasteiger charge is -2.06. The summed E-state index contributed by atoms with van der Waals surface area (Å²) in [7, 11) is 0. The molecule has 0 spiro atoms. The molecule has 4 rings (SSSR count). The first kappa shape index (κ1) is 16.1. The minimum absolute atomic E-state index is 1.09. The lowest BCUT2D eigenvalue weighted by Crippen LogP contribution is -2.32. The largest absolute Gasteiger partial charge is 0.244 e. The van der Waals surface area contributed by atoms with E-state index in [0.717, 1.165) is 13.1 Å². The molecule has 0 unspecified atom stereocenters. The van der Waals surface area contributed by atoms with Crippen molar-refractivity contribution in [1.29, 1.82) is 0 Å². The number of rotatable bonds is 6. The topological polar surface area (TPSA) is 8.81 Å². The Bertz CT molecular complexity index is 945. The molecular formula is C23H27N2+. The van der Waals surface area contributed by atoms with Crippen LogP contribution in [0.4, 0.5) is 0 Å². The standard InChI is InChI=1S/C23H27N2/c1-3-5-15-24-17-25(16-6-4-2)23-21-14-10-8-12-19(21)18-11-7-9-13-20(18)22(23)24/h7-14,17H,3-6,15-16H2,1-2H3/q+1. The second-order valence-electron chi connectivity index (χ2n) is 7.00. The van der Waals surface area contributed by atoms with Gasteiger partial charge in [-0.3, -0.25) is 0 Å². The van der Waals surface area contributed by atoms with Crippen molar-refractivity contribution in [3.05, 3.63) is 54.9 Å². The molecule has 0 bridgehead atoms. The van der Waals surface area contributed by atoms with Crippen molar-refractivity contribution in [1.82, 2.24) is 4.57 Å². The summed E-state index contributed by atoms with van der Waals surface area (Å²) in [5, 5.41) is 5.48. The molecule has 0 saturated heterocycles. The van der Waals surface area contributed by atoms with Gasteiger partial charge in [0.05, 0.1) is 13.1 Å². The normalized spacial score (nSPS) is 11.8. The van der Waals surface area contributed by atoms with E-state index < -0.39 is 0 Å². The van der Waals surface area contributed by atoms with Gasteiger partial charge in [-0.15, -0.1) is 0 Å². The van der Waals surface area contributed by atoms with Crippen molar-refractivity contribution in [2.75, 3.05) is 0 Å². The van der Waals surface area contributed by atoms with Gasteiger partial charge < -0.3 is 0 Å². The average molecular weight is 331 g/mol. The highest BCUT2D eigenvalue weighted by molar-refractivity contribution is 6.22. The predicted molar refractivity (Wildman–Crippen MR) is 107 cm³/mol. The summed E-state index contributed by atoms with van der Waals surface area (Å²) in [5.74, 6) is 0. The monoisotopic (exact) mass is 331 g/mol. The van der Waals surface area contributed by atoms with Crippen LogP contribution in [0.5, 0.6) is 0 Å². The van der Waals surface area contributed by atoms with Gasteiger partial charge in [-0.2, -0.15) is 0 Å². The second kappa shape index (κ2) is 6.87. The summed E-state index contributed by atoms with van der Waals surface area (Å²) in [6.07, 6.45) is 7.24. The van der Waals surface area contributed by atoms with E-state index >= 15 is 0 Å². The van der Waals surface area contributed by atoms with Crippen molar-refractivity contribution in [2.45, 2.75) is 52.6 Å². The molecule has 2 heteroatoms. The first-order chi connectivity index (χ1) is 12.3. The minimum Gasteiger partial charge on any atom is -0.229 e. The van der Waals surface area contributed by atoms with Crippen LogP contribution in [0.3, 0.4) is 0 Å². The van der Waals surface area contributed by atoms with E-state index in [4.69, 9.17) is 0 Å². The molecule has 25 heavy (non-hydrogen) atoms. The molecule has 0 N–H and O–H groups in total. The Kier molecular flexibility index (Phi) is 4.44. The Morgan fingerprint density at radius 2 is 1.36 bits per heavy atom. The number of imidazole rings is 1. The smallest absolute Gasteiger partial charge is 0.229 e. The van der Waals surface area contributed by atoms with Crippen LogP contribution in [0.1, 0.15) is 39.5 Å². The van der Waals surface area contributed by atoms with Gasteiger partial charge in [0.1, 0.15) is 0 Å². The zero-order valence-corrected chi connectivity index (χ0v) is 15.3. The third-order valence-electron chi connectivity index (χ3n) is 5.24. The van der Waals surface area contributed by atoms with Crippen molar-refractivity contribution in [3.63, 3.8) is 0 Å². The first-order valence-electron chi connectivity index (χ1n) is 9.66. The molecule has 0 radical (unpaired) electrons. The minimum atomic E-state index is 1.09. The van der Waals surface area contributed by atoms with Gasteiger partial charge in [0, 0.05) is 10.8 Å². The summed E-state index contributed by atoms with van der Waals surface area (Å²) in [6, 6.07) is 17.8. The summed E-state index contributed by atoms with van der Waals surface area (Å²) >= 11 is 0. The molecular weight excluding hydrogens is 304 g/mol. The molecule has 3 aromatic carbocycles. The van der Waals surface area contributed by atoms with Crippen LogP contribution in [-0.4, -0.2) is 4.57 Å². The number of fused-ring (bicyclic) bond motifs is 6. The van der Waals surface area contributed by atoms with Gasteiger partial charge in [0.15, 0.2) is 11.0 Å². The molecule has 0 aliphatic carbocycles. The molecule has 128 valence electrons. The van der Waals surface area contributed by atoms with Crippen molar-refractivity contribution in [3.8, 4) is 0 Å². The highest BCUT2D eigenvalue weighted by Gasteiger charge is 2.21. The van der Waals surface area contributed by atoms with E-state index in [1.54, 1.807) is 0 Å². The van der Waals surface area contributed by atoms with Gasteiger partial charge in [-0.25, -0.2) is 9.13 Å². The molecule has 0 atom stereocenters. The first-order valence-corrected chi connectivity index (χ1v) is 9.66. The number of unbranched alkanes of at least 4 members (excludes halogenated alkanes) is 2. The van der Waals surface area contributed by atoms with E-state index in [1.807, 2.05) is 0 Å². The van der Waals surface area contributed by atoms with Gasteiger partial charge in [0.25, 0.3) is 0 Å². The quantitative estimate of drug-likeness (QED) is 0.310. The number of aromatic nitrogens is 2. The number of aryl methyl sites for hydroxylation is 2. The van der Waals surface area contributed by atoms with E-state index in [9.17, 15) is 0 Å². The van der Waals surface area contributed by atoms with Gasteiger partial charge in [-0.1, -0.05) is 63.1 Å². The van der Waals surface area contributed by atoms with Crippen LogP contribution < -0.4 is 4.57 Å². The summed E-state index contributed by atoms with van der Waals surface area (Å²) < 4.78 is 4.98. The third kappa shape index (κ3) is 2.70. The molecule has 0 aliphatic rings. The van der Waals surface area contributed by atoms with Gasteiger partial charge >= 0.3 is 0 Å². The lowest BCUT2D eigenvalue weighted by molar-refractivity contribution is -0.671. The Balaban J connectivity index is 2.13. The molecule has 1 heterocycles. The van der Waals surface area contributed by atoms with E-state index in [-0.39, 0.29) is 0 Å². The molecule has 1 aromatic heterocycles. The van der Waals surface area contributed by atoms with Crippen molar-refractivity contribution < 1.29 is 4.57 Å². The average Bonchev–Trinajstić information content (AvgIpc) is 3.04. The third-order valence-corrected chi connectivity index (χ3v) is 5.24. The second-order valence-corrected chi connectivity index (χ2v) is 7.00. The highest BCUT2D eigenvalue weighted by Crippen LogP contribution is 2.33. The predicted octanol–water partition coefficient (Wildman–Crippen LogP) is 5.84. The number of benzene rings is 3. The lowest BCUT2D eigenvalue weighted by atomic mass is 9.99. The molecule has 0 fully saturated rings. The van der Waals surface area contributed by atoms with Crippen LogP contribution >= 0.6 is 0 Å². The SMILES string of the molecule is CCCCn1c[n+](CCCC)c2c3ccccc3c3ccccc3c21. The number of nitrogens with zero attached hydrogens (tertiary/aromatic N) is 2. The van der Waals surface area contributed by atoms with E-state index in [2.05, 4.69) is 77.8 Å². The molecule has 0 saturated carbocycles. The Morgan fingerprint density at radius 1 is 0.760 bits per heavy atom. The highest BCUT2D eigenvalue weighted by atomic mass is 15.1. The molecule has 4 aromatic rings.